The highest BCUT2D eigenvalue weighted by atomic mass is 19.1. The van der Waals surface area contributed by atoms with E-state index in [4.69, 9.17) is 10.6 Å². The van der Waals surface area contributed by atoms with E-state index in [9.17, 15) is 4.39 Å². The van der Waals surface area contributed by atoms with Gasteiger partial charge in [-0.2, -0.15) is 4.98 Å². The van der Waals surface area contributed by atoms with Crippen LogP contribution in [0.2, 0.25) is 0 Å². The minimum Gasteiger partial charge on any atom is -0.436 e. The van der Waals surface area contributed by atoms with Crippen LogP contribution in [0.4, 0.5) is 10.2 Å². The fraction of sp³-hybridized carbons (Fsp3) is 0.231. The number of rotatable bonds is 5. The number of ether oxygens (including phenoxy) is 1. The third-order valence-corrected chi connectivity index (χ3v) is 2.42. The predicted molar refractivity (Wildman–Crippen MR) is 70.3 cm³/mol. The summed E-state index contributed by atoms with van der Waals surface area (Å²) in [7, 11) is 0. The third-order valence-electron chi connectivity index (χ3n) is 2.42. The highest BCUT2D eigenvalue weighted by molar-refractivity contribution is 5.39. The number of halogens is 1. The SMILES string of the molecule is CCCc1nc(NN)cc(Oc2ccccc2F)n1. The molecule has 0 fully saturated rings. The maximum absolute atomic E-state index is 13.5. The van der Waals surface area contributed by atoms with E-state index in [1.807, 2.05) is 6.92 Å². The van der Waals surface area contributed by atoms with Gasteiger partial charge in [-0.05, 0) is 18.6 Å². The summed E-state index contributed by atoms with van der Waals surface area (Å²) >= 11 is 0. The molecular formula is C13H15FN4O. The molecule has 0 atom stereocenters. The molecule has 0 aliphatic heterocycles. The van der Waals surface area contributed by atoms with Crippen LogP contribution in [0, 0.1) is 5.82 Å². The average Bonchev–Trinajstić information content (AvgIpc) is 2.41. The van der Waals surface area contributed by atoms with E-state index in [2.05, 4.69) is 15.4 Å². The third kappa shape index (κ3) is 3.38. The highest BCUT2D eigenvalue weighted by Crippen LogP contribution is 2.24. The van der Waals surface area contributed by atoms with Gasteiger partial charge in [0.1, 0.15) is 11.6 Å². The molecule has 1 heterocycles. The second kappa shape index (κ2) is 6.10. The summed E-state index contributed by atoms with van der Waals surface area (Å²) in [6.07, 6.45) is 1.59. The molecule has 0 saturated carbocycles. The van der Waals surface area contributed by atoms with Crippen LogP contribution in [0.3, 0.4) is 0 Å². The first-order chi connectivity index (χ1) is 9.22. The molecule has 1 aromatic carbocycles. The van der Waals surface area contributed by atoms with Crippen molar-refractivity contribution in [2.45, 2.75) is 19.8 Å². The molecule has 2 aromatic rings. The van der Waals surface area contributed by atoms with Crippen molar-refractivity contribution in [1.29, 1.82) is 0 Å². The lowest BCUT2D eigenvalue weighted by atomic mass is 10.3. The van der Waals surface area contributed by atoms with E-state index in [-0.39, 0.29) is 11.6 Å². The zero-order valence-corrected chi connectivity index (χ0v) is 10.6. The van der Waals surface area contributed by atoms with Crippen LogP contribution >= 0.6 is 0 Å². The summed E-state index contributed by atoms with van der Waals surface area (Å²) in [5, 5.41) is 0. The molecule has 0 amide bonds. The van der Waals surface area contributed by atoms with Gasteiger partial charge in [0.15, 0.2) is 11.6 Å². The molecule has 0 aliphatic carbocycles. The summed E-state index contributed by atoms with van der Waals surface area (Å²) in [5.74, 6) is 6.31. The molecule has 1 aromatic heterocycles. The molecular weight excluding hydrogens is 247 g/mol. The quantitative estimate of drug-likeness (QED) is 0.640. The number of para-hydroxylation sites is 1. The molecule has 0 aliphatic rings. The van der Waals surface area contributed by atoms with Crippen LogP contribution < -0.4 is 16.0 Å². The smallest absolute Gasteiger partial charge is 0.224 e. The molecule has 0 saturated heterocycles. The van der Waals surface area contributed by atoms with Crippen molar-refractivity contribution in [3.8, 4) is 11.6 Å². The number of hydrazine groups is 1. The van der Waals surface area contributed by atoms with Crippen molar-refractivity contribution in [3.63, 3.8) is 0 Å². The standard InChI is InChI=1S/C13H15FN4O/c1-2-5-11-16-12(18-15)8-13(17-11)19-10-7-4-3-6-9(10)14/h3-4,6-8H,2,5,15H2,1H3,(H,16,17,18). The predicted octanol–water partition coefficient (Wildman–Crippen LogP) is 2.65. The fourth-order valence-corrected chi connectivity index (χ4v) is 1.57. The molecule has 0 unspecified atom stereocenters. The van der Waals surface area contributed by atoms with Crippen molar-refractivity contribution in [3.05, 3.63) is 42.0 Å². The van der Waals surface area contributed by atoms with Crippen molar-refractivity contribution in [1.82, 2.24) is 9.97 Å². The number of nitrogens with zero attached hydrogens (tertiary/aromatic N) is 2. The average molecular weight is 262 g/mol. The Labute approximate surface area is 110 Å². The van der Waals surface area contributed by atoms with E-state index in [0.29, 0.717) is 18.1 Å². The van der Waals surface area contributed by atoms with E-state index >= 15 is 0 Å². The molecule has 0 spiro atoms. The number of hydrogen-bond acceptors (Lipinski definition) is 5. The van der Waals surface area contributed by atoms with Crippen LogP contribution in [-0.2, 0) is 6.42 Å². The summed E-state index contributed by atoms with van der Waals surface area (Å²) in [6, 6.07) is 7.66. The lowest BCUT2D eigenvalue weighted by Crippen LogP contribution is -2.11. The van der Waals surface area contributed by atoms with Gasteiger partial charge >= 0.3 is 0 Å². The monoisotopic (exact) mass is 262 g/mol. The fourth-order valence-electron chi connectivity index (χ4n) is 1.57. The normalized spacial score (nSPS) is 10.3. The Morgan fingerprint density at radius 2 is 2.11 bits per heavy atom. The van der Waals surface area contributed by atoms with Crippen LogP contribution in [0.15, 0.2) is 30.3 Å². The molecule has 19 heavy (non-hydrogen) atoms. The van der Waals surface area contributed by atoms with Crippen molar-refractivity contribution >= 4 is 5.82 Å². The maximum Gasteiger partial charge on any atom is 0.224 e. The molecule has 6 heteroatoms. The molecule has 2 rings (SSSR count). The van der Waals surface area contributed by atoms with Gasteiger partial charge in [-0.3, -0.25) is 0 Å². The number of nitrogens with one attached hydrogen (secondary N) is 1. The second-order valence-electron chi connectivity index (χ2n) is 3.93. The van der Waals surface area contributed by atoms with Crippen molar-refractivity contribution < 1.29 is 9.13 Å². The first-order valence-corrected chi connectivity index (χ1v) is 6.00. The summed E-state index contributed by atoms with van der Waals surface area (Å²) in [5.41, 5.74) is 2.44. The molecule has 0 radical (unpaired) electrons. The lowest BCUT2D eigenvalue weighted by molar-refractivity contribution is 0.424. The number of nitrogen functional groups attached to an aromatic ring is 1. The minimum atomic E-state index is -0.444. The van der Waals surface area contributed by atoms with Gasteiger partial charge in [-0.15, -0.1) is 0 Å². The Morgan fingerprint density at radius 3 is 2.79 bits per heavy atom. The van der Waals surface area contributed by atoms with Crippen LogP contribution in [0.5, 0.6) is 11.6 Å². The first kappa shape index (κ1) is 13.2. The largest absolute Gasteiger partial charge is 0.436 e. The van der Waals surface area contributed by atoms with Crippen LogP contribution in [0.1, 0.15) is 19.2 Å². The van der Waals surface area contributed by atoms with E-state index < -0.39 is 5.82 Å². The number of nitrogens with two attached hydrogens (primary N) is 1. The number of hydrogen-bond donors (Lipinski definition) is 2. The zero-order chi connectivity index (χ0) is 13.7. The molecule has 5 nitrogen and oxygen atoms in total. The Balaban J connectivity index is 2.29. The summed E-state index contributed by atoms with van der Waals surface area (Å²) in [4.78, 5) is 8.40. The Kier molecular flexibility index (Phi) is 4.25. The van der Waals surface area contributed by atoms with Gasteiger partial charge in [0.25, 0.3) is 0 Å². The van der Waals surface area contributed by atoms with Crippen molar-refractivity contribution in [2.24, 2.45) is 5.84 Å². The minimum absolute atomic E-state index is 0.117. The van der Waals surface area contributed by atoms with E-state index in [0.717, 1.165) is 6.42 Å². The molecule has 100 valence electrons. The number of anilines is 1. The topological polar surface area (TPSA) is 73.1 Å². The van der Waals surface area contributed by atoms with Gasteiger partial charge in [0.2, 0.25) is 5.88 Å². The summed E-state index contributed by atoms with van der Waals surface area (Å²) < 4.78 is 18.9. The van der Waals surface area contributed by atoms with Crippen LogP contribution in [0.25, 0.3) is 0 Å². The van der Waals surface area contributed by atoms with Gasteiger partial charge in [-0.1, -0.05) is 19.1 Å². The Morgan fingerprint density at radius 1 is 1.32 bits per heavy atom. The number of aryl methyl sites for hydroxylation is 1. The molecule has 0 bridgehead atoms. The highest BCUT2D eigenvalue weighted by Gasteiger charge is 2.08. The van der Waals surface area contributed by atoms with Gasteiger partial charge < -0.3 is 10.2 Å². The van der Waals surface area contributed by atoms with Gasteiger partial charge in [0, 0.05) is 12.5 Å². The lowest BCUT2D eigenvalue weighted by Gasteiger charge is -2.09. The Hall–Kier alpha value is -2.21. The maximum atomic E-state index is 13.5. The first-order valence-electron chi connectivity index (χ1n) is 6.00. The zero-order valence-electron chi connectivity index (χ0n) is 10.6. The van der Waals surface area contributed by atoms with Crippen LogP contribution in [-0.4, -0.2) is 9.97 Å². The van der Waals surface area contributed by atoms with Gasteiger partial charge in [0.05, 0.1) is 0 Å². The van der Waals surface area contributed by atoms with E-state index in [1.165, 1.54) is 18.2 Å². The van der Waals surface area contributed by atoms with Crippen molar-refractivity contribution in [2.75, 3.05) is 5.43 Å². The summed E-state index contributed by atoms with van der Waals surface area (Å²) in [6.45, 7) is 2.02. The second-order valence-corrected chi connectivity index (χ2v) is 3.93. The van der Waals surface area contributed by atoms with Gasteiger partial charge in [-0.25, -0.2) is 15.2 Å². The molecule has 3 N–H and O–H groups in total. The number of aromatic nitrogens is 2. The Bertz CT molecular complexity index is 562. The number of benzene rings is 1. The van der Waals surface area contributed by atoms with E-state index in [1.54, 1.807) is 12.1 Å².